The van der Waals surface area contributed by atoms with E-state index in [4.69, 9.17) is 16.3 Å². The molecule has 0 aromatic heterocycles. The third-order valence-electron chi connectivity index (χ3n) is 7.55. The van der Waals surface area contributed by atoms with E-state index in [1.165, 1.54) is 0 Å². The highest BCUT2D eigenvalue weighted by molar-refractivity contribution is 9.09. The quantitative estimate of drug-likeness (QED) is 0.304. The Bertz CT molecular complexity index is 1170. The number of halogens is 2. The second kappa shape index (κ2) is 10.7. The van der Waals surface area contributed by atoms with Crippen molar-refractivity contribution in [1.29, 1.82) is 0 Å². The Balaban J connectivity index is 1.46. The molecule has 2 bridgehead atoms. The van der Waals surface area contributed by atoms with Gasteiger partial charge in [-0.3, -0.25) is 14.4 Å². The first-order chi connectivity index (χ1) is 17.9. The van der Waals surface area contributed by atoms with E-state index in [0.717, 1.165) is 0 Å². The molecule has 3 fully saturated rings. The van der Waals surface area contributed by atoms with Crippen LogP contribution in [0.25, 0.3) is 0 Å². The molecule has 3 aliphatic heterocycles. The van der Waals surface area contributed by atoms with Crippen LogP contribution in [0.1, 0.15) is 25.7 Å². The standard InChI is InChI=1S/C27H29BrClN3O5/c28-19-15-27-21(20(22(19)37-27)24(34)30-17-7-3-1-4-8-17)26(36)32(13-5-2-6-14-33)23(27)25(35)31-18-11-9-16(29)10-12-18/h1,3-4,7-12,19-23,33H,2,5-6,13-15H2,(H,30,34)(H,31,35)/t19?,20-,21-,22-,23?,27?/m0/s1. The zero-order chi connectivity index (χ0) is 26.2. The number of nitrogens with one attached hydrogen (secondary N) is 2. The van der Waals surface area contributed by atoms with Crippen LogP contribution >= 0.6 is 27.5 Å². The number of ether oxygens (including phenoxy) is 1. The molecule has 3 unspecified atom stereocenters. The summed E-state index contributed by atoms with van der Waals surface area (Å²) in [5.41, 5.74) is 0.0734. The van der Waals surface area contributed by atoms with E-state index < -0.39 is 29.6 Å². The van der Waals surface area contributed by atoms with Crippen LogP contribution in [0.5, 0.6) is 0 Å². The van der Waals surface area contributed by atoms with E-state index in [1.54, 1.807) is 41.3 Å². The molecule has 3 aliphatic rings. The third kappa shape index (κ3) is 4.78. The van der Waals surface area contributed by atoms with E-state index in [9.17, 15) is 19.5 Å². The normalized spacial score (nSPS) is 29.9. The number of fused-ring (bicyclic) bond motifs is 1. The Hall–Kier alpha value is -2.46. The summed E-state index contributed by atoms with van der Waals surface area (Å²) in [7, 11) is 0. The number of likely N-dealkylation sites (tertiary alicyclic amines) is 1. The molecule has 6 atom stereocenters. The summed E-state index contributed by atoms with van der Waals surface area (Å²) in [6, 6.07) is 15.0. The molecule has 5 rings (SSSR count). The Kier molecular flexibility index (Phi) is 7.58. The van der Waals surface area contributed by atoms with Crippen molar-refractivity contribution in [2.45, 2.75) is 48.3 Å². The average molecular weight is 591 g/mol. The summed E-state index contributed by atoms with van der Waals surface area (Å²) < 4.78 is 6.49. The first-order valence-corrected chi connectivity index (χ1v) is 13.8. The summed E-state index contributed by atoms with van der Waals surface area (Å²) in [4.78, 5) is 42.6. The van der Waals surface area contributed by atoms with E-state index >= 15 is 0 Å². The number of rotatable bonds is 9. The van der Waals surface area contributed by atoms with Crippen LogP contribution in [0.4, 0.5) is 11.4 Å². The SMILES string of the molecule is O=C(Nc1ccc(Cl)cc1)C1N(CCCCCO)C(=O)[C@@H]2[C@H](C(=O)Nc3ccccc3)[C@H]3OC12CC3Br. The van der Waals surface area contributed by atoms with Gasteiger partial charge in [-0.25, -0.2) is 0 Å². The van der Waals surface area contributed by atoms with Gasteiger partial charge in [-0.05, 0) is 62.1 Å². The minimum absolute atomic E-state index is 0.0682. The van der Waals surface area contributed by atoms with Gasteiger partial charge < -0.3 is 25.4 Å². The van der Waals surface area contributed by atoms with Crippen molar-refractivity contribution < 1.29 is 24.2 Å². The molecule has 10 heteroatoms. The number of benzene rings is 2. The zero-order valence-corrected chi connectivity index (χ0v) is 22.5. The number of aliphatic hydroxyl groups excluding tert-OH is 1. The highest BCUT2D eigenvalue weighted by Crippen LogP contribution is 2.60. The number of nitrogens with zero attached hydrogens (tertiary/aromatic N) is 1. The molecule has 37 heavy (non-hydrogen) atoms. The monoisotopic (exact) mass is 589 g/mol. The smallest absolute Gasteiger partial charge is 0.250 e. The molecule has 2 aromatic rings. The maximum atomic E-state index is 13.9. The molecular formula is C27H29BrClN3O5. The predicted molar refractivity (Wildman–Crippen MR) is 144 cm³/mol. The maximum Gasteiger partial charge on any atom is 0.250 e. The lowest BCUT2D eigenvalue weighted by molar-refractivity contribution is -0.139. The van der Waals surface area contributed by atoms with Gasteiger partial charge in [-0.1, -0.05) is 45.7 Å². The average Bonchev–Trinajstić information content (AvgIpc) is 3.47. The minimum atomic E-state index is -1.12. The summed E-state index contributed by atoms with van der Waals surface area (Å²) in [6.07, 6.45) is 1.87. The molecule has 2 aromatic carbocycles. The number of aliphatic hydroxyl groups is 1. The van der Waals surface area contributed by atoms with Crippen LogP contribution in [0.2, 0.25) is 5.02 Å². The van der Waals surface area contributed by atoms with Crippen LogP contribution in [-0.4, -0.2) is 63.5 Å². The van der Waals surface area contributed by atoms with Crippen molar-refractivity contribution in [3.8, 4) is 0 Å². The van der Waals surface area contributed by atoms with Gasteiger partial charge in [0.1, 0.15) is 11.6 Å². The molecule has 3 heterocycles. The predicted octanol–water partition coefficient (Wildman–Crippen LogP) is 3.83. The Morgan fingerprint density at radius 2 is 1.70 bits per heavy atom. The number of carbonyl (C=O) groups excluding carboxylic acids is 3. The van der Waals surface area contributed by atoms with Gasteiger partial charge in [0, 0.05) is 34.4 Å². The Labute approximate surface area is 228 Å². The first kappa shape index (κ1) is 26.2. The number of anilines is 2. The fourth-order valence-electron chi connectivity index (χ4n) is 6.03. The molecule has 1 spiro atoms. The van der Waals surface area contributed by atoms with Gasteiger partial charge in [0.15, 0.2) is 0 Å². The lowest BCUT2D eigenvalue weighted by Gasteiger charge is -2.34. The summed E-state index contributed by atoms with van der Waals surface area (Å²) in [6.45, 7) is 0.405. The number of alkyl halides is 1. The summed E-state index contributed by atoms with van der Waals surface area (Å²) >= 11 is 9.67. The van der Waals surface area contributed by atoms with Gasteiger partial charge in [0.05, 0.1) is 17.9 Å². The largest absolute Gasteiger partial charge is 0.396 e. The van der Waals surface area contributed by atoms with Crippen molar-refractivity contribution >= 4 is 56.6 Å². The number of para-hydroxylation sites is 1. The van der Waals surface area contributed by atoms with Gasteiger partial charge in [0.25, 0.3) is 0 Å². The van der Waals surface area contributed by atoms with Gasteiger partial charge in [-0.2, -0.15) is 0 Å². The van der Waals surface area contributed by atoms with Crippen molar-refractivity contribution in [1.82, 2.24) is 4.90 Å². The number of carbonyl (C=O) groups is 3. The van der Waals surface area contributed by atoms with Crippen LogP contribution in [-0.2, 0) is 19.1 Å². The second-order valence-electron chi connectivity index (χ2n) is 9.83. The Morgan fingerprint density at radius 1 is 1.03 bits per heavy atom. The van der Waals surface area contributed by atoms with Crippen molar-refractivity contribution in [3.63, 3.8) is 0 Å². The fraction of sp³-hybridized carbons (Fsp3) is 0.444. The third-order valence-corrected chi connectivity index (χ3v) is 8.65. The zero-order valence-electron chi connectivity index (χ0n) is 20.1. The molecular weight excluding hydrogens is 562 g/mol. The van der Waals surface area contributed by atoms with Crippen LogP contribution in [0.15, 0.2) is 54.6 Å². The summed E-state index contributed by atoms with van der Waals surface area (Å²) in [5.74, 6) is -2.40. The van der Waals surface area contributed by atoms with Crippen LogP contribution < -0.4 is 10.6 Å². The highest BCUT2D eigenvalue weighted by Gasteiger charge is 2.76. The lowest BCUT2D eigenvalue weighted by atomic mass is 9.70. The van der Waals surface area contributed by atoms with Crippen LogP contribution in [0.3, 0.4) is 0 Å². The lowest BCUT2D eigenvalue weighted by Crippen LogP contribution is -2.54. The van der Waals surface area contributed by atoms with E-state index in [1.807, 2.05) is 18.2 Å². The number of amides is 3. The summed E-state index contributed by atoms with van der Waals surface area (Å²) in [5, 5.41) is 15.6. The molecule has 0 radical (unpaired) electrons. The Morgan fingerprint density at radius 3 is 2.41 bits per heavy atom. The number of hydrogen-bond donors (Lipinski definition) is 3. The van der Waals surface area contributed by atoms with Crippen molar-refractivity contribution in [2.75, 3.05) is 23.8 Å². The second-order valence-corrected chi connectivity index (χ2v) is 11.4. The van der Waals surface area contributed by atoms with E-state index in [-0.39, 0.29) is 29.2 Å². The van der Waals surface area contributed by atoms with Gasteiger partial charge in [0.2, 0.25) is 17.7 Å². The van der Waals surface area contributed by atoms with E-state index in [0.29, 0.717) is 48.6 Å². The van der Waals surface area contributed by atoms with Gasteiger partial charge in [-0.15, -0.1) is 0 Å². The van der Waals surface area contributed by atoms with E-state index in [2.05, 4.69) is 26.6 Å². The maximum absolute atomic E-state index is 13.9. The number of unbranched alkanes of at least 4 members (excludes halogenated alkanes) is 2. The molecule has 0 saturated carbocycles. The molecule has 3 amide bonds. The molecule has 3 saturated heterocycles. The molecule has 196 valence electrons. The van der Waals surface area contributed by atoms with Crippen molar-refractivity contribution in [3.05, 3.63) is 59.6 Å². The highest BCUT2D eigenvalue weighted by atomic mass is 79.9. The topological polar surface area (TPSA) is 108 Å². The molecule has 3 N–H and O–H groups in total. The molecule has 8 nitrogen and oxygen atoms in total. The first-order valence-electron chi connectivity index (χ1n) is 12.5. The minimum Gasteiger partial charge on any atom is -0.396 e. The van der Waals surface area contributed by atoms with Gasteiger partial charge >= 0.3 is 0 Å². The molecule has 0 aliphatic carbocycles. The van der Waals surface area contributed by atoms with Crippen LogP contribution in [0, 0.1) is 11.8 Å². The number of hydrogen-bond acceptors (Lipinski definition) is 5. The fourth-order valence-corrected chi connectivity index (χ4v) is 7.10. The van der Waals surface area contributed by atoms with Crippen molar-refractivity contribution in [2.24, 2.45) is 11.8 Å².